The van der Waals surface area contributed by atoms with Crippen molar-refractivity contribution in [3.8, 4) is 0 Å². The van der Waals surface area contributed by atoms with Crippen molar-refractivity contribution in [3.63, 3.8) is 0 Å². The summed E-state index contributed by atoms with van der Waals surface area (Å²) in [5, 5.41) is 4.38. The Kier molecular flexibility index (Phi) is 3.73. The van der Waals surface area contributed by atoms with E-state index < -0.39 is 0 Å². The van der Waals surface area contributed by atoms with E-state index in [0.29, 0.717) is 0 Å². The molecule has 2 aromatic heterocycles. The monoisotopic (exact) mass is 428 g/mol. The van der Waals surface area contributed by atoms with Crippen LogP contribution >= 0.6 is 22.6 Å². The number of fused-ring (bicyclic) bond motifs is 1. The van der Waals surface area contributed by atoms with Gasteiger partial charge >= 0.3 is 0 Å². The van der Waals surface area contributed by atoms with E-state index in [1.165, 1.54) is 0 Å². The number of nitrogens with zero attached hydrogens (tertiary/aromatic N) is 5. The van der Waals surface area contributed by atoms with E-state index in [9.17, 15) is 0 Å². The van der Waals surface area contributed by atoms with Crippen LogP contribution in [0.5, 0.6) is 0 Å². The van der Waals surface area contributed by atoms with Crippen molar-refractivity contribution in [2.45, 2.75) is 31.9 Å². The first kappa shape index (κ1) is 15.5. The zero-order valence-corrected chi connectivity index (χ0v) is 15.5. The Bertz CT molecular complexity index is 739. The lowest BCUT2D eigenvalue weighted by molar-refractivity contribution is 0.0974. The first-order valence-corrected chi connectivity index (χ1v) is 9.05. The van der Waals surface area contributed by atoms with Crippen LogP contribution in [0.2, 0.25) is 0 Å². The molecule has 0 aliphatic carbocycles. The fraction of sp³-hybridized carbons (Fsp3) is 0.667. The SMILES string of the molecule is C[C@@H]1OCC2(CCN(c3cnc4c(I)nn(C)c4n3)CC2)[C@@H]1N. The van der Waals surface area contributed by atoms with E-state index in [4.69, 9.17) is 15.5 Å². The summed E-state index contributed by atoms with van der Waals surface area (Å²) in [6.45, 7) is 4.75. The highest BCUT2D eigenvalue weighted by Gasteiger charge is 2.47. The smallest absolute Gasteiger partial charge is 0.179 e. The molecule has 0 unspecified atom stereocenters. The van der Waals surface area contributed by atoms with Crippen molar-refractivity contribution < 1.29 is 4.74 Å². The highest BCUT2D eigenvalue weighted by Crippen LogP contribution is 2.41. The Morgan fingerprint density at radius 3 is 2.78 bits per heavy atom. The standard InChI is InChI=1S/C15H21IN6O/c1-9-12(17)15(8-23-9)3-5-22(6-4-15)10-7-18-11-13(16)20-21(2)14(11)19-10/h7,9,12H,3-6,8,17H2,1-2H3/t9-,12+/m0/s1. The van der Waals surface area contributed by atoms with Gasteiger partial charge in [0, 0.05) is 31.6 Å². The molecule has 2 aromatic rings. The van der Waals surface area contributed by atoms with Crippen molar-refractivity contribution in [3.05, 3.63) is 9.90 Å². The second kappa shape index (κ2) is 5.52. The summed E-state index contributed by atoms with van der Waals surface area (Å²) in [5.41, 5.74) is 8.22. The molecular formula is C15H21IN6O. The molecule has 23 heavy (non-hydrogen) atoms. The van der Waals surface area contributed by atoms with Crippen molar-refractivity contribution in [2.75, 3.05) is 24.6 Å². The van der Waals surface area contributed by atoms with Gasteiger partial charge < -0.3 is 15.4 Å². The molecule has 2 N–H and O–H groups in total. The molecule has 1 spiro atoms. The Morgan fingerprint density at radius 2 is 2.13 bits per heavy atom. The average Bonchev–Trinajstić information content (AvgIpc) is 3.00. The fourth-order valence-corrected chi connectivity index (χ4v) is 4.48. The van der Waals surface area contributed by atoms with E-state index >= 15 is 0 Å². The molecule has 2 saturated heterocycles. The molecule has 0 aromatic carbocycles. The molecule has 124 valence electrons. The number of piperidine rings is 1. The second-order valence-corrected chi connectivity index (χ2v) is 7.73. The number of anilines is 1. The number of ether oxygens (including phenoxy) is 1. The van der Waals surface area contributed by atoms with E-state index in [1.807, 2.05) is 13.2 Å². The molecule has 2 atom stereocenters. The summed E-state index contributed by atoms with van der Waals surface area (Å²) >= 11 is 2.19. The van der Waals surface area contributed by atoms with Crippen molar-refractivity contribution in [1.82, 2.24) is 19.7 Å². The highest BCUT2D eigenvalue weighted by molar-refractivity contribution is 14.1. The van der Waals surface area contributed by atoms with Crippen LogP contribution in [0.25, 0.3) is 11.2 Å². The predicted octanol–water partition coefficient (Wildman–Crippen LogP) is 1.30. The lowest BCUT2D eigenvalue weighted by Crippen LogP contribution is -2.50. The molecule has 0 saturated carbocycles. The fourth-order valence-electron chi connectivity index (χ4n) is 3.77. The molecule has 0 bridgehead atoms. The number of aromatic nitrogens is 4. The van der Waals surface area contributed by atoms with E-state index in [0.717, 1.165) is 53.2 Å². The largest absolute Gasteiger partial charge is 0.376 e. The molecule has 8 heteroatoms. The van der Waals surface area contributed by atoms with Gasteiger partial charge in [-0.25, -0.2) is 14.6 Å². The molecule has 4 heterocycles. The minimum absolute atomic E-state index is 0.134. The zero-order valence-electron chi connectivity index (χ0n) is 13.4. The Morgan fingerprint density at radius 1 is 1.39 bits per heavy atom. The molecule has 2 aliphatic rings. The zero-order chi connectivity index (χ0) is 16.2. The van der Waals surface area contributed by atoms with Crippen LogP contribution in [0, 0.1) is 9.12 Å². The third kappa shape index (κ3) is 2.42. The quantitative estimate of drug-likeness (QED) is 0.690. The van der Waals surface area contributed by atoms with Gasteiger partial charge in [-0.2, -0.15) is 5.10 Å². The van der Waals surface area contributed by atoms with Crippen LogP contribution in [-0.2, 0) is 11.8 Å². The predicted molar refractivity (Wildman–Crippen MR) is 96.3 cm³/mol. The van der Waals surface area contributed by atoms with Gasteiger partial charge in [0.25, 0.3) is 0 Å². The van der Waals surface area contributed by atoms with Crippen molar-refractivity contribution >= 4 is 39.6 Å². The van der Waals surface area contributed by atoms with Gasteiger partial charge in [-0.05, 0) is 42.4 Å². The van der Waals surface area contributed by atoms with Gasteiger partial charge in [0.2, 0.25) is 0 Å². The van der Waals surface area contributed by atoms with Crippen LogP contribution in [0.3, 0.4) is 0 Å². The average molecular weight is 428 g/mol. The van der Waals surface area contributed by atoms with Gasteiger partial charge in [0.15, 0.2) is 9.35 Å². The topological polar surface area (TPSA) is 82.1 Å². The summed E-state index contributed by atoms with van der Waals surface area (Å²) in [4.78, 5) is 11.6. The maximum absolute atomic E-state index is 6.39. The van der Waals surface area contributed by atoms with E-state index in [2.05, 4.69) is 44.5 Å². The van der Waals surface area contributed by atoms with Gasteiger partial charge in [-0.15, -0.1) is 0 Å². The summed E-state index contributed by atoms with van der Waals surface area (Å²) in [6, 6.07) is 0.136. The number of halogens is 1. The van der Waals surface area contributed by atoms with E-state index in [1.54, 1.807) is 4.68 Å². The second-order valence-electron chi connectivity index (χ2n) is 6.71. The summed E-state index contributed by atoms with van der Waals surface area (Å²) in [7, 11) is 1.91. The highest BCUT2D eigenvalue weighted by atomic mass is 127. The number of hydrogen-bond donors (Lipinski definition) is 1. The normalized spacial score (nSPS) is 27.2. The molecule has 7 nitrogen and oxygen atoms in total. The molecule has 2 fully saturated rings. The third-order valence-electron chi connectivity index (χ3n) is 5.41. The van der Waals surface area contributed by atoms with Gasteiger partial charge in [-0.1, -0.05) is 0 Å². The van der Waals surface area contributed by atoms with Crippen LogP contribution in [-0.4, -0.2) is 51.6 Å². The van der Waals surface area contributed by atoms with Crippen LogP contribution < -0.4 is 10.6 Å². The molecule has 4 rings (SSSR count). The molecule has 0 amide bonds. The van der Waals surface area contributed by atoms with Crippen molar-refractivity contribution in [2.24, 2.45) is 18.2 Å². The maximum atomic E-state index is 6.39. The van der Waals surface area contributed by atoms with Crippen LogP contribution in [0.4, 0.5) is 5.82 Å². The van der Waals surface area contributed by atoms with Gasteiger partial charge in [0.1, 0.15) is 11.3 Å². The van der Waals surface area contributed by atoms with Crippen LogP contribution in [0.1, 0.15) is 19.8 Å². The van der Waals surface area contributed by atoms with Gasteiger partial charge in [0.05, 0.1) is 18.9 Å². The van der Waals surface area contributed by atoms with Crippen LogP contribution in [0.15, 0.2) is 6.20 Å². The summed E-state index contributed by atoms with van der Waals surface area (Å²) in [6.07, 6.45) is 4.11. The number of hydrogen-bond acceptors (Lipinski definition) is 6. The summed E-state index contributed by atoms with van der Waals surface area (Å²) in [5.74, 6) is 0.923. The maximum Gasteiger partial charge on any atom is 0.179 e. The van der Waals surface area contributed by atoms with Gasteiger partial charge in [-0.3, -0.25) is 0 Å². The first-order valence-electron chi connectivity index (χ1n) is 7.97. The van der Waals surface area contributed by atoms with E-state index in [-0.39, 0.29) is 17.6 Å². The molecule has 0 radical (unpaired) electrons. The summed E-state index contributed by atoms with van der Waals surface area (Å²) < 4.78 is 8.47. The lowest BCUT2D eigenvalue weighted by Gasteiger charge is -2.41. The Balaban J connectivity index is 1.56. The molecular weight excluding hydrogens is 407 g/mol. The minimum atomic E-state index is 0.134. The third-order valence-corrected chi connectivity index (χ3v) is 6.14. The number of rotatable bonds is 1. The van der Waals surface area contributed by atoms with Crippen molar-refractivity contribution in [1.29, 1.82) is 0 Å². The Labute approximate surface area is 148 Å². The molecule has 2 aliphatic heterocycles. The minimum Gasteiger partial charge on any atom is -0.376 e. The first-order chi connectivity index (χ1) is 11.0. The number of aryl methyl sites for hydroxylation is 1. The Hall–Kier alpha value is -1.00. The number of nitrogens with two attached hydrogens (primary N) is 1. The lowest BCUT2D eigenvalue weighted by atomic mass is 9.73.